The number of phenols is 1. The summed E-state index contributed by atoms with van der Waals surface area (Å²) < 4.78 is 7.66. The molecule has 158 valence electrons. The molecule has 2 fully saturated rings. The lowest BCUT2D eigenvalue weighted by Gasteiger charge is -2.31. The van der Waals surface area contributed by atoms with Crippen LogP contribution in [0.5, 0.6) is 5.75 Å². The number of thioether (sulfide) groups is 1. The van der Waals surface area contributed by atoms with Crippen LogP contribution in [0.25, 0.3) is 11.0 Å². The monoisotopic (exact) mass is 426 g/mol. The van der Waals surface area contributed by atoms with Gasteiger partial charge in [-0.3, -0.25) is 4.57 Å². The zero-order chi connectivity index (χ0) is 20.8. The van der Waals surface area contributed by atoms with E-state index in [1.165, 1.54) is 31.7 Å². The van der Waals surface area contributed by atoms with Crippen molar-refractivity contribution in [3.05, 3.63) is 39.7 Å². The predicted molar refractivity (Wildman–Crippen MR) is 117 cm³/mol. The summed E-state index contributed by atoms with van der Waals surface area (Å²) in [6.07, 6.45) is 4.72. The Hall–Kier alpha value is -2.48. The minimum absolute atomic E-state index is 0.129. The van der Waals surface area contributed by atoms with Crippen molar-refractivity contribution >= 4 is 28.7 Å². The largest absolute Gasteiger partial charge is 0.508 e. The van der Waals surface area contributed by atoms with Gasteiger partial charge in [0.05, 0.1) is 0 Å². The molecule has 1 aliphatic carbocycles. The maximum Gasteiger partial charge on any atom is 0.336 e. The Kier molecular flexibility index (Phi) is 4.97. The van der Waals surface area contributed by atoms with Crippen molar-refractivity contribution in [3.63, 3.8) is 0 Å². The van der Waals surface area contributed by atoms with E-state index in [9.17, 15) is 9.90 Å². The summed E-state index contributed by atoms with van der Waals surface area (Å²) in [5.41, 5.74) is 1.51. The average Bonchev–Trinajstić information content (AvgIpc) is 3.49. The fourth-order valence-electron chi connectivity index (χ4n) is 4.12. The van der Waals surface area contributed by atoms with Crippen LogP contribution in [0, 0.1) is 12.8 Å². The Morgan fingerprint density at radius 1 is 1.20 bits per heavy atom. The normalized spacial score (nSPS) is 17.7. The number of fused-ring (bicyclic) bond motifs is 1. The van der Waals surface area contributed by atoms with Gasteiger partial charge in [0.2, 0.25) is 5.95 Å². The van der Waals surface area contributed by atoms with Gasteiger partial charge in [0.25, 0.3) is 0 Å². The highest BCUT2D eigenvalue weighted by Crippen LogP contribution is 2.42. The SMILES string of the molecule is Cc1c(O)ccc2c(CSc3nnc(N4CCC(C)CC4)n3C3CC3)cc(=O)oc12. The van der Waals surface area contributed by atoms with Gasteiger partial charge in [-0.2, -0.15) is 0 Å². The highest BCUT2D eigenvalue weighted by molar-refractivity contribution is 7.98. The van der Waals surface area contributed by atoms with Crippen LogP contribution in [0.15, 0.2) is 32.6 Å². The van der Waals surface area contributed by atoms with Gasteiger partial charge >= 0.3 is 5.63 Å². The molecule has 1 N–H and O–H groups in total. The number of phenolic OH excluding ortho intramolecular Hbond substituents is 1. The molecular formula is C22H26N4O3S. The van der Waals surface area contributed by atoms with Gasteiger partial charge in [0.15, 0.2) is 5.16 Å². The predicted octanol–water partition coefficient (Wildman–Crippen LogP) is 4.26. The molecule has 0 spiro atoms. The van der Waals surface area contributed by atoms with E-state index in [1.54, 1.807) is 24.8 Å². The molecule has 0 atom stereocenters. The van der Waals surface area contributed by atoms with Gasteiger partial charge in [0, 0.05) is 41.9 Å². The van der Waals surface area contributed by atoms with Crippen molar-refractivity contribution in [2.75, 3.05) is 18.0 Å². The van der Waals surface area contributed by atoms with E-state index in [0.717, 1.165) is 41.1 Å². The Morgan fingerprint density at radius 2 is 1.97 bits per heavy atom. The van der Waals surface area contributed by atoms with E-state index in [2.05, 4.69) is 26.6 Å². The van der Waals surface area contributed by atoms with E-state index in [0.29, 0.717) is 22.9 Å². The molecule has 0 amide bonds. The second-order valence-electron chi connectivity index (χ2n) is 8.52. The zero-order valence-corrected chi connectivity index (χ0v) is 18.1. The molecule has 3 aromatic rings. The standard InChI is InChI=1S/C22H26N4O3S/c1-13-7-9-25(10-8-13)21-23-24-22(26(21)16-3-4-16)30-12-15-11-19(28)29-20-14(2)18(27)6-5-17(15)20/h5-6,11,13,16,27H,3-4,7-10,12H2,1-2H3. The minimum atomic E-state index is -0.404. The number of hydrogen-bond donors (Lipinski definition) is 1. The zero-order valence-electron chi connectivity index (χ0n) is 17.3. The van der Waals surface area contributed by atoms with E-state index >= 15 is 0 Å². The van der Waals surface area contributed by atoms with E-state index in [-0.39, 0.29) is 5.75 Å². The van der Waals surface area contributed by atoms with Crippen molar-refractivity contribution in [2.24, 2.45) is 5.92 Å². The van der Waals surface area contributed by atoms with Crippen LogP contribution in [-0.4, -0.2) is 33.0 Å². The van der Waals surface area contributed by atoms with Crippen LogP contribution >= 0.6 is 11.8 Å². The van der Waals surface area contributed by atoms with Crippen LogP contribution in [0.1, 0.15) is 49.8 Å². The smallest absolute Gasteiger partial charge is 0.336 e. The molecule has 1 saturated heterocycles. The first-order valence-electron chi connectivity index (χ1n) is 10.6. The van der Waals surface area contributed by atoms with Gasteiger partial charge in [0.1, 0.15) is 11.3 Å². The molecule has 7 nitrogen and oxygen atoms in total. The molecule has 1 saturated carbocycles. The summed E-state index contributed by atoms with van der Waals surface area (Å²) in [7, 11) is 0. The summed E-state index contributed by atoms with van der Waals surface area (Å²) in [6.45, 7) is 6.13. The number of hydrogen-bond acceptors (Lipinski definition) is 7. The average molecular weight is 427 g/mol. The Labute approximate surface area is 179 Å². The number of aryl methyl sites for hydroxylation is 1. The molecule has 5 rings (SSSR count). The van der Waals surface area contributed by atoms with Crippen molar-refractivity contribution in [3.8, 4) is 5.75 Å². The van der Waals surface area contributed by atoms with Crippen molar-refractivity contribution in [1.82, 2.24) is 14.8 Å². The minimum Gasteiger partial charge on any atom is -0.508 e. The van der Waals surface area contributed by atoms with Gasteiger partial charge in [-0.15, -0.1) is 10.2 Å². The molecule has 0 bridgehead atoms. The second-order valence-corrected chi connectivity index (χ2v) is 9.46. The lowest BCUT2D eigenvalue weighted by Crippen LogP contribution is -2.34. The van der Waals surface area contributed by atoms with Gasteiger partial charge < -0.3 is 14.4 Å². The molecule has 3 heterocycles. The third-order valence-corrected chi connectivity index (χ3v) is 7.19. The maximum atomic E-state index is 12.1. The topological polar surface area (TPSA) is 84.4 Å². The third kappa shape index (κ3) is 3.57. The van der Waals surface area contributed by atoms with Crippen LogP contribution in [-0.2, 0) is 5.75 Å². The van der Waals surface area contributed by atoms with Gasteiger partial charge in [-0.1, -0.05) is 18.7 Å². The van der Waals surface area contributed by atoms with Crippen molar-refractivity contribution in [1.29, 1.82) is 0 Å². The maximum absolute atomic E-state index is 12.1. The summed E-state index contributed by atoms with van der Waals surface area (Å²) in [5.74, 6) is 2.48. The quantitative estimate of drug-likeness (QED) is 0.482. The first kappa shape index (κ1) is 19.5. The van der Waals surface area contributed by atoms with Gasteiger partial charge in [-0.05, 0) is 56.2 Å². The summed E-state index contributed by atoms with van der Waals surface area (Å²) in [6, 6.07) is 5.47. The van der Waals surface area contributed by atoms with Crippen molar-refractivity contribution < 1.29 is 9.52 Å². The molecular weight excluding hydrogens is 400 g/mol. The molecule has 1 aromatic carbocycles. The van der Waals surface area contributed by atoms with Crippen LogP contribution in [0.2, 0.25) is 0 Å². The Balaban J connectivity index is 1.44. The highest BCUT2D eigenvalue weighted by atomic mass is 32.2. The lowest BCUT2D eigenvalue weighted by atomic mass is 10.00. The number of aromatic hydroxyl groups is 1. The van der Waals surface area contributed by atoms with Crippen LogP contribution < -0.4 is 10.5 Å². The molecule has 0 unspecified atom stereocenters. The summed E-state index contributed by atoms with van der Waals surface area (Å²) in [4.78, 5) is 14.5. The highest BCUT2D eigenvalue weighted by Gasteiger charge is 2.32. The molecule has 8 heteroatoms. The first-order chi connectivity index (χ1) is 14.5. The molecule has 0 radical (unpaired) electrons. The number of nitrogens with zero attached hydrogens (tertiary/aromatic N) is 4. The fourth-order valence-corrected chi connectivity index (χ4v) is 5.11. The molecule has 2 aliphatic rings. The third-order valence-electron chi connectivity index (χ3n) is 6.20. The van der Waals surface area contributed by atoms with Gasteiger partial charge in [-0.25, -0.2) is 4.79 Å². The summed E-state index contributed by atoms with van der Waals surface area (Å²) in [5, 5.41) is 20.8. The molecule has 2 aromatic heterocycles. The second kappa shape index (κ2) is 7.65. The van der Waals surface area contributed by atoms with Crippen molar-refractivity contribution in [2.45, 2.75) is 56.5 Å². The summed E-state index contributed by atoms with van der Waals surface area (Å²) >= 11 is 1.61. The van der Waals surface area contributed by atoms with E-state index in [1.807, 2.05) is 6.07 Å². The lowest BCUT2D eigenvalue weighted by molar-refractivity contribution is 0.429. The van der Waals surface area contributed by atoms with Crippen LogP contribution in [0.4, 0.5) is 5.95 Å². The number of benzene rings is 1. The molecule has 1 aliphatic heterocycles. The van der Waals surface area contributed by atoms with E-state index < -0.39 is 5.63 Å². The number of anilines is 1. The number of aromatic nitrogens is 3. The Bertz CT molecular complexity index is 1140. The fraction of sp³-hybridized carbons (Fsp3) is 0.500. The van der Waals surface area contributed by atoms with E-state index in [4.69, 9.17) is 4.42 Å². The molecule has 30 heavy (non-hydrogen) atoms. The van der Waals surface area contributed by atoms with Crippen LogP contribution in [0.3, 0.4) is 0 Å². The Morgan fingerprint density at radius 3 is 2.70 bits per heavy atom. The number of rotatable bonds is 5. The number of piperidine rings is 1. The first-order valence-corrected chi connectivity index (χ1v) is 11.6.